The van der Waals surface area contributed by atoms with Crippen LogP contribution in [0.2, 0.25) is 0 Å². The Bertz CT molecular complexity index is 586. The molecule has 1 aromatic rings. The van der Waals surface area contributed by atoms with Gasteiger partial charge in [0.2, 0.25) is 5.91 Å². The fourth-order valence-corrected chi connectivity index (χ4v) is 4.00. The zero-order valence-electron chi connectivity index (χ0n) is 12.0. The average Bonchev–Trinajstić information content (AvgIpc) is 3.12. The molecule has 1 aromatic heterocycles. The Hall–Kier alpha value is -1.47. The number of aromatic nitrogens is 1. The van der Waals surface area contributed by atoms with E-state index in [1.165, 1.54) is 0 Å². The molecule has 114 valence electrons. The molecule has 1 amide bonds. The third kappa shape index (κ3) is 2.67. The van der Waals surface area contributed by atoms with Crippen molar-refractivity contribution in [1.29, 1.82) is 0 Å². The number of amides is 1. The van der Waals surface area contributed by atoms with E-state index in [-0.39, 0.29) is 35.0 Å². The van der Waals surface area contributed by atoms with Crippen molar-refractivity contribution in [1.82, 2.24) is 10.3 Å². The van der Waals surface area contributed by atoms with Crippen molar-refractivity contribution >= 4 is 23.2 Å². The fourth-order valence-electron chi connectivity index (χ4n) is 3.10. The molecular formula is C14H18N2O4S. The van der Waals surface area contributed by atoms with E-state index in [9.17, 15) is 9.59 Å². The van der Waals surface area contributed by atoms with Crippen molar-refractivity contribution in [2.75, 3.05) is 0 Å². The highest BCUT2D eigenvalue weighted by Gasteiger charge is 2.44. The highest BCUT2D eigenvalue weighted by molar-refractivity contribution is 7.13. The van der Waals surface area contributed by atoms with Crippen molar-refractivity contribution in [3.63, 3.8) is 0 Å². The summed E-state index contributed by atoms with van der Waals surface area (Å²) in [7, 11) is 0. The molecule has 4 unspecified atom stereocenters. The van der Waals surface area contributed by atoms with E-state index in [4.69, 9.17) is 9.84 Å². The number of aromatic carboxylic acids is 1. The monoisotopic (exact) mass is 310 g/mol. The molecule has 3 rings (SSSR count). The Morgan fingerprint density at radius 1 is 1.48 bits per heavy atom. The Balaban J connectivity index is 1.66. The molecule has 2 fully saturated rings. The average molecular weight is 310 g/mol. The first-order valence-electron chi connectivity index (χ1n) is 7.12. The van der Waals surface area contributed by atoms with E-state index < -0.39 is 5.97 Å². The molecule has 7 heteroatoms. The number of hydrogen-bond donors (Lipinski definition) is 2. The van der Waals surface area contributed by atoms with Crippen LogP contribution >= 0.6 is 11.3 Å². The minimum atomic E-state index is -0.976. The summed E-state index contributed by atoms with van der Waals surface area (Å²) in [5, 5.41) is 12.6. The molecule has 3 heterocycles. The number of nitrogens with zero attached hydrogens (tertiary/aromatic N) is 1. The second-order valence-electron chi connectivity index (χ2n) is 5.72. The fraction of sp³-hybridized carbons (Fsp3) is 0.643. The summed E-state index contributed by atoms with van der Waals surface area (Å²) >= 11 is 1.12. The smallest absolute Gasteiger partial charge is 0.347 e. The summed E-state index contributed by atoms with van der Waals surface area (Å²) < 4.78 is 5.70. The zero-order valence-corrected chi connectivity index (χ0v) is 12.8. The van der Waals surface area contributed by atoms with Crippen LogP contribution in [0, 0.1) is 12.8 Å². The number of rotatable bonds is 4. The molecule has 0 aliphatic carbocycles. The van der Waals surface area contributed by atoms with Crippen LogP contribution in [0.25, 0.3) is 0 Å². The molecule has 0 saturated carbocycles. The number of thiazole rings is 1. The number of carboxylic acids is 1. The molecule has 4 atom stereocenters. The summed E-state index contributed by atoms with van der Waals surface area (Å²) in [5.74, 6) is -1.07. The maximum atomic E-state index is 12.3. The maximum absolute atomic E-state index is 12.3. The van der Waals surface area contributed by atoms with Gasteiger partial charge in [0, 0.05) is 0 Å². The second kappa shape index (κ2) is 5.38. The SMILES string of the molecule is Cc1nc(C(C)NC(=O)C2CC3CCC2O3)sc1C(=O)O. The third-order valence-electron chi connectivity index (χ3n) is 4.18. The molecule has 0 spiro atoms. The van der Waals surface area contributed by atoms with Crippen LogP contribution in [-0.4, -0.2) is 34.2 Å². The number of fused-ring (bicyclic) bond motifs is 2. The molecule has 2 aliphatic rings. The van der Waals surface area contributed by atoms with Gasteiger partial charge in [-0.1, -0.05) is 0 Å². The van der Waals surface area contributed by atoms with Gasteiger partial charge in [0.1, 0.15) is 9.88 Å². The molecule has 2 aliphatic heterocycles. The largest absolute Gasteiger partial charge is 0.477 e. The van der Waals surface area contributed by atoms with Crippen LogP contribution in [0.3, 0.4) is 0 Å². The van der Waals surface area contributed by atoms with Gasteiger partial charge in [0.05, 0.1) is 29.9 Å². The summed E-state index contributed by atoms with van der Waals surface area (Å²) in [6.45, 7) is 3.50. The van der Waals surface area contributed by atoms with Crippen molar-refractivity contribution in [3.05, 3.63) is 15.6 Å². The van der Waals surface area contributed by atoms with Crippen LogP contribution in [0.1, 0.15) is 52.6 Å². The summed E-state index contributed by atoms with van der Waals surface area (Å²) in [6, 6.07) is -0.284. The van der Waals surface area contributed by atoms with Crippen molar-refractivity contribution < 1.29 is 19.4 Å². The number of carboxylic acid groups (broad SMARTS) is 1. The molecule has 2 bridgehead atoms. The molecule has 0 radical (unpaired) electrons. The number of hydrogen-bond acceptors (Lipinski definition) is 5. The van der Waals surface area contributed by atoms with Crippen LogP contribution in [-0.2, 0) is 9.53 Å². The lowest BCUT2D eigenvalue weighted by molar-refractivity contribution is -0.127. The number of ether oxygens (including phenoxy) is 1. The van der Waals surface area contributed by atoms with Gasteiger partial charge in [-0.25, -0.2) is 9.78 Å². The highest BCUT2D eigenvalue weighted by atomic mass is 32.1. The van der Waals surface area contributed by atoms with Gasteiger partial charge in [-0.05, 0) is 33.1 Å². The Morgan fingerprint density at radius 3 is 2.76 bits per heavy atom. The van der Waals surface area contributed by atoms with Crippen LogP contribution in [0.5, 0.6) is 0 Å². The van der Waals surface area contributed by atoms with Crippen molar-refractivity contribution in [2.45, 2.75) is 51.4 Å². The van der Waals surface area contributed by atoms with Gasteiger partial charge in [-0.3, -0.25) is 4.79 Å². The lowest BCUT2D eigenvalue weighted by Gasteiger charge is -2.20. The predicted octanol–water partition coefficient (Wildman–Crippen LogP) is 1.89. The molecular weight excluding hydrogens is 292 g/mol. The molecule has 0 aromatic carbocycles. The number of carbonyl (C=O) groups excluding carboxylic acids is 1. The predicted molar refractivity (Wildman–Crippen MR) is 76.4 cm³/mol. The van der Waals surface area contributed by atoms with Gasteiger partial charge in [0.15, 0.2) is 0 Å². The lowest BCUT2D eigenvalue weighted by atomic mass is 9.88. The lowest BCUT2D eigenvalue weighted by Crippen LogP contribution is -2.37. The Kier molecular flexibility index (Phi) is 3.71. The van der Waals surface area contributed by atoms with Crippen LogP contribution < -0.4 is 5.32 Å². The molecule has 6 nitrogen and oxygen atoms in total. The minimum absolute atomic E-state index is 0.0144. The zero-order chi connectivity index (χ0) is 15.1. The third-order valence-corrected chi connectivity index (χ3v) is 5.51. The number of aryl methyl sites for hydroxylation is 1. The Morgan fingerprint density at radius 2 is 2.24 bits per heavy atom. The first kappa shape index (κ1) is 14.5. The van der Waals surface area contributed by atoms with E-state index in [1.54, 1.807) is 6.92 Å². The number of carbonyl (C=O) groups is 2. The maximum Gasteiger partial charge on any atom is 0.347 e. The van der Waals surface area contributed by atoms with Crippen molar-refractivity contribution in [2.24, 2.45) is 5.92 Å². The van der Waals surface area contributed by atoms with E-state index in [1.807, 2.05) is 6.92 Å². The second-order valence-corrected chi connectivity index (χ2v) is 6.75. The summed E-state index contributed by atoms with van der Waals surface area (Å²) in [6.07, 6.45) is 3.09. The summed E-state index contributed by atoms with van der Waals surface area (Å²) in [5.41, 5.74) is 0.492. The quantitative estimate of drug-likeness (QED) is 0.886. The normalized spacial score (nSPS) is 28.6. The minimum Gasteiger partial charge on any atom is -0.477 e. The van der Waals surface area contributed by atoms with E-state index in [0.29, 0.717) is 10.7 Å². The Labute approximate surface area is 126 Å². The highest BCUT2D eigenvalue weighted by Crippen LogP contribution is 2.39. The van der Waals surface area contributed by atoms with E-state index in [0.717, 1.165) is 30.6 Å². The van der Waals surface area contributed by atoms with Gasteiger partial charge >= 0.3 is 5.97 Å². The first-order valence-corrected chi connectivity index (χ1v) is 7.93. The number of nitrogens with one attached hydrogen (secondary N) is 1. The first-order chi connectivity index (χ1) is 9.95. The standard InChI is InChI=1S/C14H18N2O4S/c1-6-11(14(18)19)21-13(16-6)7(2)15-12(17)9-5-8-3-4-10(9)20-8/h7-10H,3-5H2,1-2H3,(H,15,17)(H,18,19). The van der Waals surface area contributed by atoms with Gasteiger partial charge < -0.3 is 15.2 Å². The molecule has 2 saturated heterocycles. The van der Waals surface area contributed by atoms with Crippen LogP contribution in [0.15, 0.2) is 0 Å². The van der Waals surface area contributed by atoms with E-state index >= 15 is 0 Å². The topological polar surface area (TPSA) is 88.5 Å². The molecule has 21 heavy (non-hydrogen) atoms. The van der Waals surface area contributed by atoms with E-state index in [2.05, 4.69) is 10.3 Å². The molecule has 2 N–H and O–H groups in total. The van der Waals surface area contributed by atoms with Gasteiger partial charge in [-0.15, -0.1) is 11.3 Å². The van der Waals surface area contributed by atoms with Crippen molar-refractivity contribution in [3.8, 4) is 0 Å². The summed E-state index contributed by atoms with van der Waals surface area (Å²) in [4.78, 5) is 27.8. The van der Waals surface area contributed by atoms with Gasteiger partial charge in [-0.2, -0.15) is 0 Å². The van der Waals surface area contributed by atoms with Crippen LogP contribution in [0.4, 0.5) is 0 Å². The van der Waals surface area contributed by atoms with Gasteiger partial charge in [0.25, 0.3) is 0 Å².